The molecule has 1 fully saturated rings. The third-order valence-corrected chi connectivity index (χ3v) is 3.57. The number of hydrogen-bond donors (Lipinski definition) is 1. The molecular formula is C13H19NO. The van der Waals surface area contributed by atoms with Crippen molar-refractivity contribution in [1.82, 2.24) is 0 Å². The van der Waals surface area contributed by atoms with E-state index in [0.29, 0.717) is 5.92 Å². The molecule has 0 spiro atoms. The van der Waals surface area contributed by atoms with Crippen LogP contribution < -0.4 is 5.32 Å². The first-order chi connectivity index (χ1) is 7.19. The van der Waals surface area contributed by atoms with E-state index in [9.17, 15) is 0 Å². The number of anilines is 1. The summed E-state index contributed by atoms with van der Waals surface area (Å²) in [4.78, 5) is 0. The molecule has 0 unspecified atom stereocenters. The standard InChI is InChI=1S/C13H19NO/c1-10(2)13(8-15-9-13)11-4-6-12(14-3)7-5-11/h4-7,10,14H,8-9H2,1-3H3. The van der Waals surface area contributed by atoms with Gasteiger partial charge in [-0.3, -0.25) is 0 Å². The third kappa shape index (κ3) is 1.63. The number of ether oxygens (including phenoxy) is 1. The highest BCUT2D eigenvalue weighted by atomic mass is 16.5. The molecule has 0 atom stereocenters. The molecule has 2 heteroatoms. The molecule has 2 nitrogen and oxygen atoms in total. The van der Waals surface area contributed by atoms with Gasteiger partial charge in [0.15, 0.2) is 0 Å². The highest BCUT2D eigenvalue weighted by molar-refractivity contribution is 5.46. The molecule has 1 N–H and O–H groups in total. The van der Waals surface area contributed by atoms with Gasteiger partial charge in [0.25, 0.3) is 0 Å². The maximum atomic E-state index is 5.39. The Morgan fingerprint density at radius 2 is 1.80 bits per heavy atom. The van der Waals surface area contributed by atoms with Gasteiger partial charge in [0.2, 0.25) is 0 Å². The van der Waals surface area contributed by atoms with E-state index in [1.807, 2.05) is 7.05 Å². The van der Waals surface area contributed by atoms with Crippen molar-refractivity contribution in [2.75, 3.05) is 25.6 Å². The first-order valence-electron chi connectivity index (χ1n) is 5.55. The van der Waals surface area contributed by atoms with Crippen LogP contribution in [0.3, 0.4) is 0 Å². The Hall–Kier alpha value is -1.02. The van der Waals surface area contributed by atoms with Crippen LogP contribution in [0.2, 0.25) is 0 Å². The van der Waals surface area contributed by atoms with Crippen molar-refractivity contribution in [2.45, 2.75) is 19.3 Å². The van der Waals surface area contributed by atoms with E-state index in [2.05, 4.69) is 43.4 Å². The highest BCUT2D eigenvalue weighted by Crippen LogP contribution is 2.39. The summed E-state index contributed by atoms with van der Waals surface area (Å²) in [6.45, 7) is 6.27. The van der Waals surface area contributed by atoms with Crippen molar-refractivity contribution in [3.63, 3.8) is 0 Å². The fraction of sp³-hybridized carbons (Fsp3) is 0.538. The largest absolute Gasteiger partial charge is 0.388 e. The van der Waals surface area contributed by atoms with Gasteiger partial charge in [-0.25, -0.2) is 0 Å². The Morgan fingerprint density at radius 1 is 1.20 bits per heavy atom. The number of benzene rings is 1. The summed E-state index contributed by atoms with van der Waals surface area (Å²) < 4.78 is 5.39. The zero-order chi connectivity index (χ0) is 10.9. The predicted octanol–water partition coefficient (Wildman–Crippen LogP) is 2.65. The third-order valence-electron chi connectivity index (χ3n) is 3.57. The summed E-state index contributed by atoms with van der Waals surface area (Å²) in [7, 11) is 1.94. The summed E-state index contributed by atoms with van der Waals surface area (Å²) in [6.07, 6.45) is 0. The van der Waals surface area contributed by atoms with Gasteiger partial charge >= 0.3 is 0 Å². The molecule has 0 aliphatic carbocycles. The molecule has 1 heterocycles. The summed E-state index contributed by atoms with van der Waals surface area (Å²) in [5.74, 6) is 0.631. The molecule has 0 aromatic heterocycles. The van der Waals surface area contributed by atoms with Crippen LogP contribution in [0.4, 0.5) is 5.69 Å². The van der Waals surface area contributed by atoms with Crippen LogP contribution in [0.15, 0.2) is 24.3 Å². The molecule has 1 aromatic rings. The molecule has 0 saturated carbocycles. The highest BCUT2D eigenvalue weighted by Gasteiger charge is 2.42. The van der Waals surface area contributed by atoms with E-state index in [1.165, 1.54) is 5.56 Å². The van der Waals surface area contributed by atoms with Gasteiger partial charge in [-0.1, -0.05) is 26.0 Å². The van der Waals surface area contributed by atoms with Crippen LogP contribution in [-0.2, 0) is 10.2 Å². The lowest BCUT2D eigenvalue weighted by atomic mass is 9.70. The zero-order valence-corrected chi connectivity index (χ0v) is 9.71. The maximum absolute atomic E-state index is 5.39. The second-order valence-corrected chi connectivity index (χ2v) is 4.63. The van der Waals surface area contributed by atoms with Crippen LogP contribution in [0, 0.1) is 5.92 Å². The van der Waals surface area contributed by atoms with Gasteiger partial charge in [-0.05, 0) is 23.6 Å². The number of hydrogen-bond acceptors (Lipinski definition) is 2. The van der Waals surface area contributed by atoms with E-state index >= 15 is 0 Å². The lowest BCUT2D eigenvalue weighted by Crippen LogP contribution is -2.50. The van der Waals surface area contributed by atoms with Gasteiger partial charge in [-0.15, -0.1) is 0 Å². The van der Waals surface area contributed by atoms with Crippen LogP contribution in [-0.4, -0.2) is 20.3 Å². The summed E-state index contributed by atoms with van der Waals surface area (Å²) >= 11 is 0. The second-order valence-electron chi connectivity index (χ2n) is 4.63. The second kappa shape index (κ2) is 3.86. The van der Waals surface area contributed by atoms with Crippen molar-refractivity contribution in [3.8, 4) is 0 Å². The predicted molar refractivity (Wildman–Crippen MR) is 63.3 cm³/mol. The Balaban J connectivity index is 2.27. The maximum Gasteiger partial charge on any atom is 0.0588 e. The van der Waals surface area contributed by atoms with Gasteiger partial charge < -0.3 is 10.1 Å². The first kappa shape index (κ1) is 10.5. The van der Waals surface area contributed by atoms with Crippen molar-refractivity contribution in [2.24, 2.45) is 5.92 Å². The minimum absolute atomic E-state index is 0.256. The van der Waals surface area contributed by atoms with Crippen LogP contribution in [0.5, 0.6) is 0 Å². The molecule has 15 heavy (non-hydrogen) atoms. The molecule has 0 bridgehead atoms. The SMILES string of the molecule is CNc1ccc(C2(C(C)C)COC2)cc1. The summed E-state index contributed by atoms with van der Waals surface area (Å²) in [5, 5.41) is 3.14. The lowest BCUT2D eigenvalue weighted by Gasteiger charge is -2.45. The molecule has 1 aliphatic rings. The summed E-state index contributed by atoms with van der Waals surface area (Å²) in [6, 6.07) is 8.71. The topological polar surface area (TPSA) is 21.3 Å². The van der Waals surface area contributed by atoms with Gasteiger partial charge in [0.05, 0.1) is 13.2 Å². The quantitative estimate of drug-likeness (QED) is 0.819. The molecule has 1 aromatic carbocycles. The Labute approximate surface area is 91.6 Å². The Kier molecular flexibility index (Phi) is 2.70. The molecular weight excluding hydrogens is 186 g/mol. The van der Waals surface area contributed by atoms with Crippen LogP contribution >= 0.6 is 0 Å². The van der Waals surface area contributed by atoms with Crippen molar-refractivity contribution < 1.29 is 4.74 Å². The Morgan fingerprint density at radius 3 is 2.13 bits per heavy atom. The number of nitrogens with one attached hydrogen (secondary N) is 1. The van der Waals surface area contributed by atoms with E-state index in [1.54, 1.807) is 0 Å². The molecule has 82 valence electrons. The molecule has 0 radical (unpaired) electrons. The first-order valence-corrected chi connectivity index (χ1v) is 5.55. The normalized spacial score (nSPS) is 18.7. The molecule has 2 rings (SSSR count). The fourth-order valence-electron chi connectivity index (χ4n) is 2.12. The van der Waals surface area contributed by atoms with E-state index in [0.717, 1.165) is 18.9 Å². The minimum atomic E-state index is 0.256. The van der Waals surface area contributed by atoms with E-state index in [-0.39, 0.29) is 5.41 Å². The van der Waals surface area contributed by atoms with Crippen LogP contribution in [0.25, 0.3) is 0 Å². The van der Waals surface area contributed by atoms with Crippen molar-refractivity contribution >= 4 is 5.69 Å². The zero-order valence-electron chi connectivity index (χ0n) is 9.71. The van der Waals surface area contributed by atoms with Gasteiger partial charge in [-0.2, -0.15) is 0 Å². The van der Waals surface area contributed by atoms with Gasteiger partial charge in [0.1, 0.15) is 0 Å². The smallest absolute Gasteiger partial charge is 0.0588 e. The fourth-order valence-corrected chi connectivity index (χ4v) is 2.12. The minimum Gasteiger partial charge on any atom is -0.388 e. The lowest BCUT2D eigenvalue weighted by molar-refractivity contribution is -0.0836. The average molecular weight is 205 g/mol. The van der Waals surface area contributed by atoms with E-state index in [4.69, 9.17) is 4.74 Å². The van der Waals surface area contributed by atoms with Gasteiger partial charge in [0, 0.05) is 18.2 Å². The molecule has 1 saturated heterocycles. The summed E-state index contributed by atoms with van der Waals surface area (Å²) in [5.41, 5.74) is 2.83. The van der Waals surface area contributed by atoms with Crippen molar-refractivity contribution in [1.29, 1.82) is 0 Å². The molecule has 1 aliphatic heterocycles. The van der Waals surface area contributed by atoms with Crippen molar-refractivity contribution in [3.05, 3.63) is 29.8 Å². The average Bonchev–Trinajstić information content (AvgIpc) is 2.16. The molecule has 0 amide bonds. The number of rotatable bonds is 3. The monoisotopic (exact) mass is 205 g/mol. The Bertz CT molecular complexity index is 325. The van der Waals surface area contributed by atoms with E-state index < -0.39 is 0 Å². The van der Waals surface area contributed by atoms with Crippen LogP contribution in [0.1, 0.15) is 19.4 Å².